The van der Waals surface area contributed by atoms with Crippen LogP contribution in [0, 0.1) is 11.3 Å². The van der Waals surface area contributed by atoms with E-state index in [1.54, 1.807) is 7.11 Å². The van der Waals surface area contributed by atoms with Gasteiger partial charge in [-0.15, -0.1) is 0 Å². The van der Waals surface area contributed by atoms with E-state index >= 15 is 0 Å². The Hall–Kier alpha value is -2.47. The average Bonchev–Trinajstić information content (AvgIpc) is 2.59. The van der Waals surface area contributed by atoms with Crippen molar-refractivity contribution in [1.29, 1.82) is 5.26 Å². The number of benzene rings is 2. The Bertz CT molecular complexity index is 632. The molecule has 0 atom stereocenters. The number of methoxy groups -OCH3 is 1. The molecule has 3 nitrogen and oxygen atoms in total. The molecule has 0 aromatic heterocycles. The minimum absolute atomic E-state index is 0.386. The van der Waals surface area contributed by atoms with Crippen LogP contribution in [-0.2, 0) is 12.8 Å². The zero-order valence-electron chi connectivity index (χ0n) is 13.6. The fraction of sp³-hybridized carbons (Fsp3) is 0.350. The quantitative estimate of drug-likeness (QED) is 0.638. The normalized spacial score (nSPS) is 10.1. The summed E-state index contributed by atoms with van der Waals surface area (Å²) in [6, 6.07) is 18.4. The van der Waals surface area contributed by atoms with E-state index in [1.807, 2.05) is 24.3 Å². The summed E-state index contributed by atoms with van der Waals surface area (Å²) in [6.07, 6.45) is 4.81. The van der Waals surface area contributed by atoms with Crippen LogP contribution in [0.3, 0.4) is 0 Å². The summed E-state index contributed by atoms with van der Waals surface area (Å²) in [7, 11) is 1.63. The summed E-state index contributed by atoms with van der Waals surface area (Å²) in [5, 5.41) is 8.78. The van der Waals surface area contributed by atoms with E-state index < -0.39 is 0 Å². The molecule has 2 aromatic rings. The standard InChI is InChI=1S/C20H23NO2/c1-22-19-12-11-18(13-14-21)16-20(19)23-15-7-3-6-10-17-8-4-2-5-9-17/h2,4-5,8-9,11-12,16H,3,6-7,10,13,15H2,1H3. The molecule has 2 rings (SSSR count). The van der Waals surface area contributed by atoms with Gasteiger partial charge >= 0.3 is 0 Å². The first-order chi connectivity index (χ1) is 11.3. The van der Waals surface area contributed by atoms with Gasteiger partial charge in [0.25, 0.3) is 0 Å². The molecule has 0 bridgehead atoms. The summed E-state index contributed by atoms with van der Waals surface area (Å²) in [6.45, 7) is 0.668. The molecule has 0 aliphatic heterocycles. The van der Waals surface area contributed by atoms with E-state index in [2.05, 4.69) is 30.3 Å². The molecule has 0 unspecified atom stereocenters. The maximum absolute atomic E-state index is 8.78. The number of aryl methyl sites for hydroxylation is 1. The van der Waals surface area contributed by atoms with Gasteiger partial charge in [-0.25, -0.2) is 0 Å². The third kappa shape index (κ3) is 5.67. The highest BCUT2D eigenvalue weighted by Gasteiger charge is 2.05. The van der Waals surface area contributed by atoms with Crippen molar-refractivity contribution in [3.8, 4) is 17.6 Å². The molecule has 0 saturated carbocycles. The van der Waals surface area contributed by atoms with Crippen LogP contribution in [0.4, 0.5) is 0 Å². The van der Waals surface area contributed by atoms with Crippen LogP contribution in [-0.4, -0.2) is 13.7 Å². The van der Waals surface area contributed by atoms with Gasteiger partial charge in [0.2, 0.25) is 0 Å². The van der Waals surface area contributed by atoms with Gasteiger partial charge in [-0.1, -0.05) is 36.4 Å². The molecule has 0 N–H and O–H groups in total. The molecular formula is C20H23NO2. The number of rotatable bonds is 9. The number of ether oxygens (including phenoxy) is 2. The third-order valence-corrected chi connectivity index (χ3v) is 3.72. The molecule has 0 saturated heterocycles. The topological polar surface area (TPSA) is 42.2 Å². The van der Waals surface area contributed by atoms with Crippen LogP contribution in [0.5, 0.6) is 11.5 Å². The van der Waals surface area contributed by atoms with Crippen molar-refractivity contribution in [3.05, 3.63) is 59.7 Å². The van der Waals surface area contributed by atoms with Gasteiger partial charge in [0.05, 0.1) is 26.2 Å². The van der Waals surface area contributed by atoms with Crippen molar-refractivity contribution < 1.29 is 9.47 Å². The van der Waals surface area contributed by atoms with E-state index in [0.717, 1.165) is 36.3 Å². The van der Waals surface area contributed by atoms with Gasteiger partial charge in [0.1, 0.15) is 0 Å². The number of unbranched alkanes of at least 4 members (excludes halogenated alkanes) is 2. The second-order valence-corrected chi connectivity index (χ2v) is 5.46. The third-order valence-electron chi connectivity index (χ3n) is 3.72. The van der Waals surface area contributed by atoms with Crippen molar-refractivity contribution in [2.75, 3.05) is 13.7 Å². The molecule has 0 aliphatic carbocycles. The van der Waals surface area contributed by atoms with Crippen LogP contribution >= 0.6 is 0 Å². The maximum atomic E-state index is 8.78. The van der Waals surface area contributed by atoms with Crippen LogP contribution in [0.15, 0.2) is 48.5 Å². The fourth-order valence-corrected chi connectivity index (χ4v) is 2.47. The molecule has 3 heteroatoms. The van der Waals surface area contributed by atoms with Crippen molar-refractivity contribution in [2.45, 2.75) is 32.1 Å². The molecule has 0 amide bonds. The Balaban J connectivity index is 1.73. The summed E-state index contributed by atoms with van der Waals surface area (Å²) >= 11 is 0. The lowest BCUT2D eigenvalue weighted by molar-refractivity contribution is 0.285. The van der Waals surface area contributed by atoms with E-state index in [1.165, 1.54) is 12.0 Å². The molecule has 0 spiro atoms. The molecule has 0 fully saturated rings. The van der Waals surface area contributed by atoms with Crippen molar-refractivity contribution in [1.82, 2.24) is 0 Å². The van der Waals surface area contributed by atoms with Crippen LogP contribution < -0.4 is 9.47 Å². The number of nitriles is 1. The van der Waals surface area contributed by atoms with Crippen LogP contribution in [0.2, 0.25) is 0 Å². The minimum Gasteiger partial charge on any atom is -0.493 e. The lowest BCUT2D eigenvalue weighted by atomic mass is 10.1. The Morgan fingerprint density at radius 3 is 2.48 bits per heavy atom. The zero-order chi connectivity index (χ0) is 16.3. The minimum atomic E-state index is 0.386. The SMILES string of the molecule is COc1ccc(CC#N)cc1OCCCCCc1ccccc1. The molecule has 0 aliphatic rings. The number of hydrogen-bond donors (Lipinski definition) is 0. The average molecular weight is 309 g/mol. The summed E-state index contributed by atoms with van der Waals surface area (Å²) in [4.78, 5) is 0. The van der Waals surface area contributed by atoms with Gasteiger partial charge < -0.3 is 9.47 Å². The van der Waals surface area contributed by atoms with E-state index in [0.29, 0.717) is 13.0 Å². The smallest absolute Gasteiger partial charge is 0.161 e. The van der Waals surface area contributed by atoms with Crippen LogP contribution in [0.1, 0.15) is 30.4 Å². The zero-order valence-corrected chi connectivity index (χ0v) is 13.6. The molecule has 2 aromatic carbocycles. The first-order valence-electron chi connectivity index (χ1n) is 8.04. The Morgan fingerprint density at radius 1 is 0.913 bits per heavy atom. The summed E-state index contributed by atoms with van der Waals surface area (Å²) in [5.41, 5.74) is 2.34. The molecular weight excluding hydrogens is 286 g/mol. The highest BCUT2D eigenvalue weighted by molar-refractivity contribution is 5.43. The lowest BCUT2D eigenvalue weighted by Crippen LogP contribution is -2.00. The summed E-state index contributed by atoms with van der Waals surface area (Å²) < 4.78 is 11.1. The lowest BCUT2D eigenvalue weighted by Gasteiger charge is -2.11. The molecule has 0 radical (unpaired) electrons. The van der Waals surface area contributed by atoms with Crippen molar-refractivity contribution in [2.24, 2.45) is 0 Å². The van der Waals surface area contributed by atoms with Gasteiger partial charge in [-0.05, 0) is 48.9 Å². The van der Waals surface area contributed by atoms with Gasteiger partial charge in [-0.2, -0.15) is 5.26 Å². The number of nitrogens with zero attached hydrogens (tertiary/aromatic N) is 1. The van der Waals surface area contributed by atoms with Crippen molar-refractivity contribution in [3.63, 3.8) is 0 Å². The summed E-state index contributed by atoms with van der Waals surface area (Å²) in [5.74, 6) is 1.44. The van der Waals surface area contributed by atoms with E-state index in [9.17, 15) is 0 Å². The molecule has 0 heterocycles. The first kappa shape index (κ1) is 16.9. The molecule has 120 valence electrons. The second kappa shape index (κ2) is 9.53. The highest BCUT2D eigenvalue weighted by atomic mass is 16.5. The molecule has 23 heavy (non-hydrogen) atoms. The Labute approximate surface area is 138 Å². The van der Waals surface area contributed by atoms with Gasteiger partial charge in [0, 0.05) is 0 Å². The number of hydrogen-bond acceptors (Lipinski definition) is 3. The Morgan fingerprint density at radius 2 is 1.74 bits per heavy atom. The first-order valence-corrected chi connectivity index (χ1v) is 8.04. The Kier molecular flexibility index (Phi) is 7.00. The largest absolute Gasteiger partial charge is 0.493 e. The highest BCUT2D eigenvalue weighted by Crippen LogP contribution is 2.28. The van der Waals surface area contributed by atoms with E-state index in [4.69, 9.17) is 14.7 Å². The monoisotopic (exact) mass is 309 g/mol. The van der Waals surface area contributed by atoms with Gasteiger partial charge in [0.15, 0.2) is 11.5 Å². The predicted molar refractivity (Wildman–Crippen MR) is 91.8 cm³/mol. The second-order valence-electron chi connectivity index (χ2n) is 5.46. The maximum Gasteiger partial charge on any atom is 0.161 e. The van der Waals surface area contributed by atoms with Gasteiger partial charge in [-0.3, -0.25) is 0 Å². The van der Waals surface area contributed by atoms with Crippen molar-refractivity contribution >= 4 is 0 Å². The van der Waals surface area contributed by atoms with E-state index in [-0.39, 0.29) is 0 Å². The predicted octanol–water partition coefficient (Wildman–Crippen LogP) is 4.55. The fourth-order valence-electron chi connectivity index (χ4n) is 2.47. The van der Waals surface area contributed by atoms with Crippen LogP contribution in [0.25, 0.3) is 0 Å².